The Balaban J connectivity index is 1.34. The van der Waals surface area contributed by atoms with Crippen LogP contribution in [0.3, 0.4) is 0 Å². The zero-order valence-corrected chi connectivity index (χ0v) is 18.8. The fourth-order valence-corrected chi connectivity index (χ4v) is 5.12. The number of hydrogen-bond acceptors (Lipinski definition) is 7. The Bertz CT molecular complexity index is 1150. The first-order chi connectivity index (χ1) is 15.3. The van der Waals surface area contributed by atoms with E-state index >= 15 is 0 Å². The van der Waals surface area contributed by atoms with Crippen LogP contribution in [-0.2, 0) is 14.8 Å². The van der Waals surface area contributed by atoms with E-state index < -0.39 is 10.0 Å². The second-order valence-corrected chi connectivity index (χ2v) is 10.0. The lowest BCUT2D eigenvalue weighted by Crippen LogP contribution is -2.41. The van der Waals surface area contributed by atoms with Crippen molar-refractivity contribution in [1.82, 2.24) is 24.5 Å². The highest BCUT2D eigenvalue weighted by molar-refractivity contribution is 7.89. The molecule has 0 saturated carbocycles. The average molecular weight is 456 g/mol. The quantitative estimate of drug-likeness (QED) is 0.415. The fourth-order valence-electron chi connectivity index (χ4n) is 3.65. The highest BCUT2D eigenvalue weighted by Crippen LogP contribution is 2.26. The minimum Gasteiger partial charge on any atom is -0.426 e. The zero-order valence-electron chi connectivity index (χ0n) is 18.0. The third-order valence-corrected chi connectivity index (χ3v) is 7.55. The van der Waals surface area contributed by atoms with Crippen molar-refractivity contribution in [2.45, 2.75) is 37.5 Å². The van der Waals surface area contributed by atoms with Gasteiger partial charge in [-0.3, -0.25) is 4.79 Å². The van der Waals surface area contributed by atoms with Gasteiger partial charge in [0.2, 0.25) is 10.0 Å². The smallest absolute Gasteiger partial charge is 0.314 e. The first-order valence-electron chi connectivity index (χ1n) is 10.5. The van der Waals surface area contributed by atoms with Gasteiger partial charge in [-0.25, -0.2) is 13.1 Å². The van der Waals surface area contributed by atoms with Crippen LogP contribution < -0.4 is 4.74 Å². The second-order valence-electron chi connectivity index (χ2n) is 8.07. The molecule has 1 aliphatic rings. The van der Waals surface area contributed by atoms with Crippen LogP contribution in [0.15, 0.2) is 59.8 Å². The number of sulfonamides is 1. The van der Waals surface area contributed by atoms with Gasteiger partial charge >= 0.3 is 5.97 Å². The highest BCUT2D eigenvalue weighted by Gasteiger charge is 2.33. The number of nitrogens with zero attached hydrogens (tertiary/aromatic N) is 5. The summed E-state index contributed by atoms with van der Waals surface area (Å²) in [7, 11) is -3.58. The summed E-state index contributed by atoms with van der Waals surface area (Å²) < 4.78 is 34.4. The Morgan fingerprint density at radius 1 is 1.03 bits per heavy atom. The minimum atomic E-state index is -3.58. The zero-order chi connectivity index (χ0) is 22.7. The van der Waals surface area contributed by atoms with E-state index in [1.54, 1.807) is 36.4 Å². The van der Waals surface area contributed by atoms with E-state index in [1.165, 1.54) is 15.3 Å². The van der Waals surface area contributed by atoms with Gasteiger partial charge in [-0.15, -0.1) is 5.10 Å². The topological polar surface area (TPSA) is 107 Å². The number of carbonyl (C=O) groups excluding carboxylic acids is 1. The van der Waals surface area contributed by atoms with Crippen molar-refractivity contribution in [2.75, 3.05) is 13.1 Å². The molecule has 10 heteroatoms. The monoisotopic (exact) mass is 455 g/mol. The number of hydrogen-bond donors (Lipinski definition) is 0. The third kappa shape index (κ3) is 4.71. The van der Waals surface area contributed by atoms with Crippen LogP contribution >= 0.6 is 0 Å². The van der Waals surface area contributed by atoms with E-state index in [0.29, 0.717) is 24.5 Å². The molecule has 0 unspecified atom stereocenters. The molecule has 0 amide bonds. The van der Waals surface area contributed by atoms with Crippen molar-refractivity contribution in [1.29, 1.82) is 0 Å². The predicted octanol–water partition coefficient (Wildman–Crippen LogP) is 2.79. The van der Waals surface area contributed by atoms with Crippen LogP contribution in [0.2, 0.25) is 0 Å². The Kier molecular flexibility index (Phi) is 6.33. The Hall–Kier alpha value is -3.11. The molecule has 0 radical (unpaired) electrons. The molecule has 9 nitrogen and oxygen atoms in total. The van der Waals surface area contributed by atoms with Crippen LogP contribution in [0.25, 0.3) is 5.69 Å². The van der Waals surface area contributed by atoms with Crippen LogP contribution in [0, 0.1) is 5.92 Å². The Morgan fingerprint density at radius 2 is 1.69 bits per heavy atom. The molecule has 0 bridgehead atoms. The Labute approximate surface area is 187 Å². The fraction of sp³-hybridized carbons (Fsp3) is 0.364. The molecule has 0 atom stereocenters. The van der Waals surface area contributed by atoms with E-state index in [4.69, 9.17) is 4.74 Å². The van der Waals surface area contributed by atoms with Gasteiger partial charge in [0.05, 0.1) is 16.5 Å². The summed E-state index contributed by atoms with van der Waals surface area (Å²) in [6.45, 7) is 4.70. The SMILES string of the molecule is CC(C)c1ccc(S(=O)(=O)N2CCC(C(=O)Oc3ccc(-n4cnnn4)cc3)CC2)cc1. The number of carbonyl (C=O) groups is 1. The second kappa shape index (κ2) is 9.17. The number of benzene rings is 2. The standard InChI is InChI=1S/C22H25N5O4S/c1-16(2)17-3-9-21(10-4-17)32(29,30)26-13-11-18(12-14-26)22(28)31-20-7-5-19(6-8-20)27-15-23-24-25-27/h3-10,15-16,18H,11-14H2,1-2H3. The summed E-state index contributed by atoms with van der Waals surface area (Å²) in [5.74, 6) is 0.0684. The summed E-state index contributed by atoms with van der Waals surface area (Å²) in [6, 6.07) is 13.9. The van der Waals surface area contributed by atoms with Crippen LogP contribution in [-0.4, -0.2) is 52.0 Å². The normalized spacial score (nSPS) is 15.7. The van der Waals surface area contributed by atoms with Crippen LogP contribution in [0.5, 0.6) is 5.75 Å². The minimum absolute atomic E-state index is 0.283. The van der Waals surface area contributed by atoms with Crippen molar-refractivity contribution in [2.24, 2.45) is 5.92 Å². The van der Waals surface area contributed by atoms with E-state index in [9.17, 15) is 13.2 Å². The van der Waals surface area contributed by atoms with Gasteiger partial charge in [0, 0.05) is 13.1 Å². The van der Waals surface area contributed by atoms with Crippen molar-refractivity contribution in [3.63, 3.8) is 0 Å². The molecule has 2 aromatic carbocycles. The molecule has 1 saturated heterocycles. The number of rotatable bonds is 6. The number of esters is 1. The van der Waals surface area contributed by atoms with Gasteiger partial charge in [-0.1, -0.05) is 26.0 Å². The van der Waals surface area contributed by atoms with E-state index in [-0.39, 0.29) is 29.9 Å². The largest absolute Gasteiger partial charge is 0.426 e. The lowest BCUT2D eigenvalue weighted by atomic mass is 9.98. The van der Waals surface area contributed by atoms with Gasteiger partial charge in [0.15, 0.2) is 0 Å². The van der Waals surface area contributed by atoms with Gasteiger partial charge in [-0.05, 0) is 71.1 Å². The van der Waals surface area contributed by atoms with Crippen molar-refractivity contribution < 1.29 is 17.9 Å². The third-order valence-electron chi connectivity index (χ3n) is 5.64. The van der Waals surface area contributed by atoms with Gasteiger partial charge in [-0.2, -0.15) is 4.31 Å². The maximum absolute atomic E-state index is 13.0. The van der Waals surface area contributed by atoms with Gasteiger partial charge in [0.25, 0.3) is 0 Å². The first-order valence-corrected chi connectivity index (χ1v) is 11.9. The Morgan fingerprint density at radius 3 is 2.25 bits per heavy atom. The van der Waals surface area contributed by atoms with E-state index in [0.717, 1.165) is 11.3 Å². The molecular formula is C22H25N5O4S. The number of tetrazole rings is 1. The molecule has 1 aliphatic heterocycles. The lowest BCUT2D eigenvalue weighted by Gasteiger charge is -2.30. The molecule has 1 aromatic heterocycles. The van der Waals surface area contributed by atoms with Crippen LogP contribution in [0.4, 0.5) is 0 Å². The van der Waals surface area contributed by atoms with Crippen molar-refractivity contribution in [3.8, 4) is 11.4 Å². The van der Waals surface area contributed by atoms with Crippen molar-refractivity contribution in [3.05, 3.63) is 60.4 Å². The molecule has 168 valence electrons. The maximum Gasteiger partial charge on any atom is 0.314 e. The molecular weight excluding hydrogens is 430 g/mol. The van der Waals surface area contributed by atoms with Crippen LogP contribution in [0.1, 0.15) is 38.2 Å². The molecule has 0 N–H and O–H groups in total. The average Bonchev–Trinajstić information content (AvgIpc) is 3.35. The molecule has 2 heterocycles. The number of ether oxygens (including phenoxy) is 1. The molecule has 1 fully saturated rings. The number of aromatic nitrogens is 4. The summed E-state index contributed by atoms with van der Waals surface area (Å²) >= 11 is 0. The summed E-state index contributed by atoms with van der Waals surface area (Å²) in [5.41, 5.74) is 1.84. The number of piperidine rings is 1. The maximum atomic E-state index is 13.0. The first kappa shape index (κ1) is 22.1. The molecule has 4 rings (SSSR count). The molecule has 3 aromatic rings. The van der Waals surface area contributed by atoms with Gasteiger partial charge in [0.1, 0.15) is 12.1 Å². The highest BCUT2D eigenvalue weighted by atomic mass is 32.2. The molecule has 0 aliphatic carbocycles. The molecule has 0 spiro atoms. The lowest BCUT2D eigenvalue weighted by molar-refractivity contribution is -0.140. The van der Waals surface area contributed by atoms with E-state index in [1.807, 2.05) is 12.1 Å². The van der Waals surface area contributed by atoms with E-state index in [2.05, 4.69) is 29.4 Å². The summed E-state index contributed by atoms with van der Waals surface area (Å²) in [5, 5.41) is 11.0. The predicted molar refractivity (Wildman–Crippen MR) is 117 cm³/mol. The molecule has 32 heavy (non-hydrogen) atoms. The summed E-state index contributed by atoms with van der Waals surface area (Å²) in [6.07, 6.45) is 2.32. The van der Waals surface area contributed by atoms with Gasteiger partial charge < -0.3 is 4.74 Å². The van der Waals surface area contributed by atoms with Crippen molar-refractivity contribution >= 4 is 16.0 Å². The summed E-state index contributed by atoms with van der Waals surface area (Å²) in [4.78, 5) is 12.9.